The number of hydrogen-bond donors (Lipinski definition) is 1. The molecule has 0 aromatic rings. The fourth-order valence-corrected chi connectivity index (χ4v) is 0.727. The van der Waals surface area contributed by atoms with Crippen molar-refractivity contribution in [1.29, 1.82) is 0 Å². The zero-order valence-corrected chi connectivity index (χ0v) is 8.11. The molecule has 0 aliphatic rings. The lowest BCUT2D eigenvalue weighted by Gasteiger charge is -2.22. The van der Waals surface area contributed by atoms with Crippen molar-refractivity contribution in [3.8, 4) is 0 Å². The molecule has 0 aromatic carbocycles. The molecular weight excluding hydrogens is 160 g/mol. The van der Waals surface area contributed by atoms with Gasteiger partial charge in [-0.1, -0.05) is 6.92 Å². The van der Waals surface area contributed by atoms with Gasteiger partial charge in [-0.3, -0.25) is 0 Å². The molecule has 0 saturated heterocycles. The molecule has 12 heavy (non-hydrogen) atoms. The summed E-state index contributed by atoms with van der Waals surface area (Å²) in [7, 11) is 2.91. The highest BCUT2D eigenvalue weighted by Crippen LogP contribution is 2.06. The molecule has 1 N–H and O–H groups in total. The van der Waals surface area contributed by atoms with E-state index >= 15 is 0 Å². The Morgan fingerprint density at radius 3 is 2.08 bits per heavy atom. The Labute approximate surface area is 73.4 Å². The van der Waals surface area contributed by atoms with Crippen molar-refractivity contribution in [3.05, 3.63) is 0 Å². The summed E-state index contributed by atoms with van der Waals surface area (Å²) in [5, 5.41) is 9.34. The van der Waals surface area contributed by atoms with Crippen molar-refractivity contribution in [2.24, 2.45) is 0 Å². The summed E-state index contributed by atoms with van der Waals surface area (Å²) < 4.78 is 14.8. The Hall–Kier alpha value is -0.160. The van der Waals surface area contributed by atoms with E-state index in [1.807, 2.05) is 13.8 Å². The van der Waals surface area contributed by atoms with Crippen LogP contribution in [0.25, 0.3) is 0 Å². The minimum atomic E-state index is -1.02. The van der Waals surface area contributed by atoms with Crippen molar-refractivity contribution < 1.29 is 19.3 Å². The standard InChI is InChI=1S/C8H18O4/c1-5-6(2)12-7(9)8(10-3)11-4/h6-9H,5H2,1-4H3/t6-,7?/m0/s1. The molecule has 0 radical (unpaired) electrons. The lowest BCUT2D eigenvalue weighted by atomic mass is 10.3. The van der Waals surface area contributed by atoms with Crippen LogP contribution in [-0.4, -0.2) is 38.0 Å². The van der Waals surface area contributed by atoms with Crippen LogP contribution in [0.1, 0.15) is 20.3 Å². The van der Waals surface area contributed by atoms with E-state index in [1.165, 1.54) is 14.2 Å². The highest BCUT2D eigenvalue weighted by atomic mass is 16.7. The molecule has 0 fully saturated rings. The SMILES string of the molecule is CC[C@H](C)OC(O)C(OC)OC. The van der Waals surface area contributed by atoms with Gasteiger partial charge in [0, 0.05) is 14.2 Å². The Bertz CT molecular complexity index is 103. The first kappa shape index (κ1) is 11.8. The fraction of sp³-hybridized carbons (Fsp3) is 1.00. The largest absolute Gasteiger partial charge is 0.364 e. The molecule has 0 spiro atoms. The van der Waals surface area contributed by atoms with Crippen LogP contribution in [0.2, 0.25) is 0 Å². The van der Waals surface area contributed by atoms with Gasteiger partial charge < -0.3 is 19.3 Å². The maximum Gasteiger partial charge on any atom is 0.208 e. The quantitative estimate of drug-likeness (QED) is 0.609. The lowest BCUT2D eigenvalue weighted by Crippen LogP contribution is -2.34. The Balaban J connectivity index is 3.75. The van der Waals surface area contributed by atoms with Crippen LogP contribution >= 0.6 is 0 Å². The Morgan fingerprint density at radius 1 is 1.25 bits per heavy atom. The van der Waals surface area contributed by atoms with E-state index in [2.05, 4.69) is 0 Å². The van der Waals surface area contributed by atoms with Crippen LogP contribution in [0.3, 0.4) is 0 Å². The van der Waals surface area contributed by atoms with Crippen molar-refractivity contribution in [3.63, 3.8) is 0 Å². The van der Waals surface area contributed by atoms with Crippen molar-refractivity contribution in [1.82, 2.24) is 0 Å². The summed E-state index contributed by atoms with van der Waals surface area (Å²) in [6.07, 6.45) is -0.876. The molecular formula is C8H18O4. The van der Waals surface area contributed by atoms with Crippen LogP contribution in [0.4, 0.5) is 0 Å². The Kier molecular flexibility index (Phi) is 6.28. The number of methoxy groups -OCH3 is 2. The number of rotatable bonds is 6. The number of aliphatic hydroxyl groups excluding tert-OH is 1. The second kappa shape index (κ2) is 6.37. The van der Waals surface area contributed by atoms with E-state index in [1.54, 1.807) is 0 Å². The van der Waals surface area contributed by atoms with Gasteiger partial charge in [-0.2, -0.15) is 0 Å². The summed E-state index contributed by atoms with van der Waals surface area (Å²) >= 11 is 0. The zero-order chi connectivity index (χ0) is 9.56. The molecule has 0 rings (SSSR count). The lowest BCUT2D eigenvalue weighted by molar-refractivity contribution is -0.264. The molecule has 2 atom stereocenters. The molecule has 1 unspecified atom stereocenters. The third kappa shape index (κ3) is 4.01. The summed E-state index contributed by atoms with van der Waals surface area (Å²) in [4.78, 5) is 0. The van der Waals surface area contributed by atoms with Crippen LogP contribution in [0.5, 0.6) is 0 Å². The van der Waals surface area contributed by atoms with Gasteiger partial charge >= 0.3 is 0 Å². The van der Waals surface area contributed by atoms with Gasteiger partial charge in [0.2, 0.25) is 12.6 Å². The first-order chi connectivity index (χ1) is 5.65. The maximum absolute atomic E-state index is 9.34. The smallest absolute Gasteiger partial charge is 0.208 e. The number of ether oxygens (including phenoxy) is 3. The van der Waals surface area contributed by atoms with Crippen molar-refractivity contribution >= 4 is 0 Å². The van der Waals surface area contributed by atoms with Gasteiger partial charge in [-0.15, -0.1) is 0 Å². The summed E-state index contributed by atoms with van der Waals surface area (Å²) in [6.45, 7) is 3.86. The van der Waals surface area contributed by atoms with Gasteiger partial charge in [-0.25, -0.2) is 0 Å². The average Bonchev–Trinajstić information content (AvgIpc) is 2.06. The normalized spacial score (nSPS) is 16.5. The van der Waals surface area contributed by atoms with E-state index in [4.69, 9.17) is 14.2 Å². The molecule has 0 amide bonds. The summed E-state index contributed by atoms with van der Waals surface area (Å²) in [5.41, 5.74) is 0. The van der Waals surface area contributed by atoms with Crippen LogP contribution < -0.4 is 0 Å². The molecule has 4 nitrogen and oxygen atoms in total. The highest BCUT2D eigenvalue weighted by Gasteiger charge is 2.20. The average molecular weight is 178 g/mol. The molecule has 0 aromatic heterocycles. The molecule has 74 valence electrons. The van der Waals surface area contributed by atoms with Gasteiger partial charge in [0.25, 0.3) is 0 Å². The first-order valence-corrected chi connectivity index (χ1v) is 4.04. The van der Waals surface area contributed by atoms with Gasteiger partial charge in [0.15, 0.2) is 0 Å². The zero-order valence-electron chi connectivity index (χ0n) is 8.11. The second-order valence-electron chi connectivity index (χ2n) is 2.59. The third-order valence-corrected chi connectivity index (χ3v) is 1.64. The minimum absolute atomic E-state index is 0.00722. The monoisotopic (exact) mass is 178 g/mol. The topological polar surface area (TPSA) is 47.9 Å². The van der Waals surface area contributed by atoms with E-state index in [9.17, 15) is 5.11 Å². The van der Waals surface area contributed by atoms with Crippen molar-refractivity contribution in [2.75, 3.05) is 14.2 Å². The molecule has 0 bridgehead atoms. The van der Waals surface area contributed by atoms with Crippen LogP contribution in [0, 0.1) is 0 Å². The third-order valence-electron chi connectivity index (χ3n) is 1.64. The van der Waals surface area contributed by atoms with Gasteiger partial charge in [0.05, 0.1) is 6.10 Å². The highest BCUT2D eigenvalue weighted by molar-refractivity contribution is 4.51. The second-order valence-corrected chi connectivity index (χ2v) is 2.59. The van der Waals surface area contributed by atoms with Crippen LogP contribution in [-0.2, 0) is 14.2 Å². The van der Waals surface area contributed by atoms with E-state index < -0.39 is 12.6 Å². The van der Waals surface area contributed by atoms with Gasteiger partial charge in [0.1, 0.15) is 0 Å². The van der Waals surface area contributed by atoms with Gasteiger partial charge in [-0.05, 0) is 13.3 Å². The molecule has 0 aliphatic carbocycles. The predicted molar refractivity (Wildman–Crippen MR) is 44.7 cm³/mol. The predicted octanol–water partition coefficient (Wildman–Crippen LogP) is 0.739. The van der Waals surface area contributed by atoms with Crippen molar-refractivity contribution in [2.45, 2.75) is 39.0 Å². The minimum Gasteiger partial charge on any atom is -0.364 e. The molecule has 0 heterocycles. The van der Waals surface area contributed by atoms with E-state index in [0.717, 1.165) is 6.42 Å². The molecule has 0 aliphatic heterocycles. The summed E-state index contributed by atoms with van der Waals surface area (Å²) in [6, 6.07) is 0. The first-order valence-electron chi connectivity index (χ1n) is 4.04. The summed E-state index contributed by atoms with van der Waals surface area (Å²) in [5.74, 6) is 0. The fourth-order valence-electron chi connectivity index (χ4n) is 0.727. The number of aliphatic hydroxyl groups is 1. The molecule has 4 heteroatoms. The number of hydrogen-bond acceptors (Lipinski definition) is 4. The molecule has 0 saturated carbocycles. The van der Waals surface area contributed by atoms with Crippen LogP contribution in [0.15, 0.2) is 0 Å². The van der Waals surface area contributed by atoms with E-state index in [-0.39, 0.29) is 6.10 Å². The maximum atomic E-state index is 9.34. The van der Waals surface area contributed by atoms with E-state index in [0.29, 0.717) is 0 Å². The Morgan fingerprint density at radius 2 is 1.75 bits per heavy atom.